The Bertz CT molecular complexity index is 530. The van der Waals surface area contributed by atoms with E-state index in [-0.39, 0.29) is 18.3 Å². The molecule has 2 N–H and O–H groups in total. The lowest BCUT2D eigenvalue weighted by Gasteiger charge is -2.33. The fourth-order valence-corrected chi connectivity index (χ4v) is 2.14. The quantitative estimate of drug-likeness (QED) is 0.664. The van der Waals surface area contributed by atoms with Crippen molar-refractivity contribution < 1.29 is 19.1 Å². The van der Waals surface area contributed by atoms with Crippen molar-refractivity contribution in [2.75, 3.05) is 24.3 Å². The maximum atomic E-state index is 12.2. The van der Waals surface area contributed by atoms with Crippen LogP contribution in [0.5, 0.6) is 5.75 Å². The van der Waals surface area contributed by atoms with Crippen LogP contribution in [-0.4, -0.2) is 31.6 Å². The number of anilines is 2. The van der Waals surface area contributed by atoms with E-state index < -0.39 is 6.10 Å². The van der Waals surface area contributed by atoms with E-state index in [9.17, 15) is 9.59 Å². The lowest BCUT2D eigenvalue weighted by molar-refractivity contribution is -0.140. The second kappa shape index (κ2) is 5.81. The molecule has 1 atom stereocenters. The highest BCUT2D eigenvalue weighted by Crippen LogP contribution is 2.35. The smallest absolute Gasteiger partial charge is 0.305 e. The molecule has 0 fully saturated rings. The van der Waals surface area contributed by atoms with E-state index in [4.69, 9.17) is 10.5 Å². The van der Waals surface area contributed by atoms with Gasteiger partial charge in [0.05, 0.1) is 12.8 Å². The molecule has 1 aliphatic rings. The van der Waals surface area contributed by atoms with Crippen LogP contribution in [0, 0.1) is 0 Å². The fraction of sp³-hybridized carbons (Fsp3) is 0.429. The SMILES string of the molecule is COC(=O)CCCN1C(=O)C(C)Oc2cc(N)ccc21. The Morgan fingerprint density at radius 1 is 1.50 bits per heavy atom. The summed E-state index contributed by atoms with van der Waals surface area (Å²) in [7, 11) is 1.35. The number of hydrogen-bond acceptors (Lipinski definition) is 5. The van der Waals surface area contributed by atoms with E-state index >= 15 is 0 Å². The van der Waals surface area contributed by atoms with Gasteiger partial charge in [-0.25, -0.2) is 0 Å². The second-order valence-electron chi connectivity index (χ2n) is 4.66. The second-order valence-corrected chi connectivity index (χ2v) is 4.66. The summed E-state index contributed by atoms with van der Waals surface area (Å²) >= 11 is 0. The van der Waals surface area contributed by atoms with Crippen molar-refractivity contribution in [3.8, 4) is 5.75 Å². The van der Waals surface area contributed by atoms with Gasteiger partial charge in [0.2, 0.25) is 0 Å². The number of rotatable bonds is 4. The maximum Gasteiger partial charge on any atom is 0.305 e. The van der Waals surface area contributed by atoms with Crippen molar-refractivity contribution in [2.24, 2.45) is 0 Å². The van der Waals surface area contributed by atoms with Gasteiger partial charge in [-0.05, 0) is 25.5 Å². The molecule has 6 nitrogen and oxygen atoms in total. The fourth-order valence-electron chi connectivity index (χ4n) is 2.14. The highest BCUT2D eigenvalue weighted by atomic mass is 16.5. The van der Waals surface area contributed by atoms with Crippen LogP contribution in [-0.2, 0) is 14.3 Å². The summed E-state index contributed by atoms with van der Waals surface area (Å²) in [4.78, 5) is 24.9. The van der Waals surface area contributed by atoms with Gasteiger partial charge in [-0.1, -0.05) is 0 Å². The summed E-state index contributed by atoms with van der Waals surface area (Å²) in [5.74, 6) is 0.193. The average molecular weight is 278 g/mol. The van der Waals surface area contributed by atoms with Gasteiger partial charge < -0.3 is 20.1 Å². The first kappa shape index (κ1) is 14.2. The van der Waals surface area contributed by atoms with Crippen LogP contribution in [0.2, 0.25) is 0 Å². The minimum atomic E-state index is -0.553. The summed E-state index contributed by atoms with van der Waals surface area (Å²) in [6.45, 7) is 2.14. The van der Waals surface area contributed by atoms with E-state index in [2.05, 4.69) is 4.74 Å². The number of benzene rings is 1. The van der Waals surface area contributed by atoms with Crippen LogP contribution < -0.4 is 15.4 Å². The van der Waals surface area contributed by atoms with Crippen LogP contribution in [0.4, 0.5) is 11.4 Å². The van der Waals surface area contributed by atoms with Crippen LogP contribution in [0.15, 0.2) is 18.2 Å². The third-order valence-electron chi connectivity index (χ3n) is 3.18. The molecule has 0 aromatic heterocycles. The number of carbonyl (C=O) groups is 2. The molecule has 2 rings (SSSR count). The number of nitrogen functional groups attached to an aromatic ring is 1. The molecule has 0 radical (unpaired) electrons. The number of fused-ring (bicyclic) bond motifs is 1. The van der Waals surface area contributed by atoms with Crippen molar-refractivity contribution in [2.45, 2.75) is 25.9 Å². The summed E-state index contributed by atoms with van der Waals surface area (Å²) in [5.41, 5.74) is 6.99. The lowest BCUT2D eigenvalue weighted by Crippen LogP contribution is -2.45. The molecule has 1 aromatic rings. The van der Waals surface area contributed by atoms with Gasteiger partial charge in [-0.15, -0.1) is 0 Å². The van der Waals surface area contributed by atoms with Crippen molar-refractivity contribution in [1.29, 1.82) is 0 Å². The third kappa shape index (κ3) is 2.84. The number of nitrogens with two attached hydrogens (primary N) is 1. The Hall–Kier alpha value is -2.24. The molecule has 20 heavy (non-hydrogen) atoms. The van der Waals surface area contributed by atoms with E-state index in [1.165, 1.54) is 7.11 Å². The molecule has 1 heterocycles. The average Bonchev–Trinajstić information content (AvgIpc) is 2.42. The highest BCUT2D eigenvalue weighted by Gasteiger charge is 2.31. The van der Waals surface area contributed by atoms with E-state index in [1.807, 2.05) is 0 Å². The van der Waals surface area contributed by atoms with Crippen LogP contribution in [0.25, 0.3) is 0 Å². The Balaban J connectivity index is 2.15. The Morgan fingerprint density at radius 2 is 2.25 bits per heavy atom. The van der Waals surface area contributed by atoms with Gasteiger partial charge >= 0.3 is 5.97 Å². The molecule has 0 spiro atoms. The zero-order chi connectivity index (χ0) is 14.7. The number of amides is 1. The van der Waals surface area contributed by atoms with Gasteiger partial charge in [0.15, 0.2) is 6.10 Å². The predicted molar refractivity (Wildman–Crippen MR) is 74.5 cm³/mol. The largest absolute Gasteiger partial charge is 0.479 e. The molecule has 1 amide bonds. The molecule has 6 heteroatoms. The summed E-state index contributed by atoms with van der Waals surface area (Å²) in [6.07, 6.45) is 0.261. The van der Waals surface area contributed by atoms with E-state index in [0.29, 0.717) is 30.1 Å². The first-order valence-electron chi connectivity index (χ1n) is 6.47. The molecule has 108 valence electrons. The zero-order valence-electron chi connectivity index (χ0n) is 11.6. The monoisotopic (exact) mass is 278 g/mol. The molecule has 0 saturated carbocycles. The van der Waals surface area contributed by atoms with E-state index in [1.54, 1.807) is 30.0 Å². The zero-order valence-corrected chi connectivity index (χ0v) is 11.6. The Labute approximate surface area is 117 Å². The molecule has 1 unspecified atom stereocenters. The third-order valence-corrected chi connectivity index (χ3v) is 3.18. The van der Waals surface area contributed by atoms with Crippen LogP contribution in [0.3, 0.4) is 0 Å². The molecule has 0 bridgehead atoms. The van der Waals surface area contributed by atoms with E-state index in [0.717, 1.165) is 0 Å². The maximum absolute atomic E-state index is 12.2. The van der Waals surface area contributed by atoms with Gasteiger partial charge in [0.1, 0.15) is 5.75 Å². The number of ether oxygens (including phenoxy) is 2. The first-order valence-corrected chi connectivity index (χ1v) is 6.47. The normalized spacial score (nSPS) is 17.4. The minimum Gasteiger partial charge on any atom is -0.479 e. The molecule has 1 aromatic carbocycles. The van der Waals surface area contributed by atoms with Gasteiger partial charge in [0.25, 0.3) is 5.91 Å². The summed E-state index contributed by atoms with van der Waals surface area (Å²) in [5, 5.41) is 0. The van der Waals surface area contributed by atoms with Gasteiger partial charge in [-0.2, -0.15) is 0 Å². The predicted octanol–water partition coefficient (Wildman–Crippen LogP) is 1.34. The summed E-state index contributed by atoms with van der Waals surface area (Å²) < 4.78 is 10.1. The lowest BCUT2D eigenvalue weighted by atomic mass is 10.1. The van der Waals surface area contributed by atoms with Crippen LogP contribution >= 0.6 is 0 Å². The minimum absolute atomic E-state index is 0.118. The molecular formula is C14H18N2O4. The molecule has 0 saturated heterocycles. The molecule has 1 aliphatic heterocycles. The van der Waals surface area contributed by atoms with Gasteiger partial charge in [0, 0.05) is 24.7 Å². The molecular weight excluding hydrogens is 260 g/mol. The number of carbonyl (C=O) groups excluding carboxylic acids is 2. The number of methoxy groups -OCH3 is 1. The van der Waals surface area contributed by atoms with Gasteiger partial charge in [-0.3, -0.25) is 9.59 Å². The topological polar surface area (TPSA) is 81.9 Å². The molecule has 0 aliphatic carbocycles. The van der Waals surface area contributed by atoms with Crippen molar-refractivity contribution >= 4 is 23.3 Å². The van der Waals surface area contributed by atoms with Crippen molar-refractivity contribution in [3.05, 3.63) is 18.2 Å². The Kier molecular flexibility index (Phi) is 4.12. The summed E-state index contributed by atoms with van der Waals surface area (Å²) in [6, 6.07) is 5.18. The Morgan fingerprint density at radius 3 is 2.95 bits per heavy atom. The van der Waals surface area contributed by atoms with Crippen molar-refractivity contribution in [1.82, 2.24) is 0 Å². The number of esters is 1. The number of nitrogens with zero attached hydrogens (tertiary/aromatic N) is 1. The van der Waals surface area contributed by atoms with Crippen LogP contribution in [0.1, 0.15) is 19.8 Å². The highest BCUT2D eigenvalue weighted by molar-refractivity contribution is 6.00. The first-order chi connectivity index (χ1) is 9.52. The number of hydrogen-bond donors (Lipinski definition) is 1. The standard InChI is InChI=1S/C14H18N2O4/c1-9-14(18)16(7-3-4-13(17)19-2)11-6-5-10(15)8-12(11)20-9/h5-6,8-9H,3-4,7,15H2,1-2H3. The van der Waals surface area contributed by atoms with Crippen molar-refractivity contribution in [3.63, 3.8) is 0 Å².